The van der Waals surface area contributed by atoms with Gasteiger partial charge >= 0.3 is 0 Å². The molecule has 1 atom stereocenters. The third-order valence-corrected chi connectivity index (χ3v) is 1.95. The van der Waals surface area contributed by atoms with Crippen LogP contribution in [0.5, 0.6) is 0 Å². The first kappa shape index (κ1) is 9.33. The number of hydrogen-bond donors (Lipinski definition) is 1. The zero-order valence-electron chi connectivity index (χ0n) is 7.61. The van der Waals surface area contributed by atoms with Crippen molar-refractivity contribution in [3.05, 3.63) is 24.5 Å². The number of unbranched alkanes of at least 4 members (excludes halogenated alkanes) is 1. The summed E-state index contributed by atoms with van der Waals surface area (Å²) in [6.07, 6.45) is 7.18. The van der Waals surface area contributed by atoms with E-state index in [2.05, 4.69) is 17.0 Å². The van der Waals surface area contributed by atoms with E-state index in [4.69, 9.17) is 5.11 Å². The van der Waals surface area contributed by atoms with Crippen LogP contribution in [-0.4, -0.2) is 15.8 Å². The number of nitrogens with zero attached hydrogens (tertiary/aromatic N) is 1. The van der Waals surface area contributed by atoms with Gasteiger partial charge in [0.15, 0.2) is 0 Å². The van der Waals surface area contributed by atoms with Gasteiger partial charge in [-0.3, -0.25) is 0 Å². The quantitative estimate of drug-likeness (QED) is 0.667. The highest BCUT2D eigenvalue weighted by molar-refractivity contribution is 4.89. The van der Waals surface area contributed by atoms with Gasteiger partial charge in [-0.2, -0.15) is 0 Å². The number of aliphatic hydroxyl groups is 1. The second kappa shape index (κ2) is 4.99. The molecule has 12 heavy (non-hydrogen) atoms. The van der Waals surface area contributed by atoms with Crippen LogP contribution in [0.2, 0.25) is 0 Å². The molecule has 1 heterocycles. The van der Waals surface area contributed by atoms with Gasteiger partial charge in [0.1, 0.15) is 0 Å². The first-order chi connectivity index (χ1) is 5.79. The average Bonchev–Trinajstić information content (AvgIpc) is 2.49. The minimum atomic E-state index is -0.144. The standard InChI is InChI=1S/C10H17NO/c1-10(12)6-2-3-7-11-8-4-5-9-11/h4-5,8-10,12H,2-3,6-7H2,1H3/t10-/m1/s1. The van der Waals surface area contributed by atoms with Crippen LogP contribution in [0.3, 0.4) is 0 Å². The molecule has 0 aromatic carbocycles. The molecule has 1 N–H and O–H groups in total. The lowest BCUT2D eigenvalue weighted by molar-refractivity contribution is 0.180. The van der Waals surface area contributed by atoms with E-state index in [0.717, 1.165) is 25.8 Å². The Morgan fingerprint density at radius 1 is 1.25 bits per heavy atom. The zero-order valence-corrected chi connectivity index (χ0v) is 7.61. The topological polar surface area (TPSA) is 25.2 Å². The summed E-state index contributed by atoms with van der Waals surface area (Å²) in [5, 5.41) is 9.00. The maximum atomic E-state index is 9.00. The molecule has 0 saturated carbocycles. The summed E-state index contributed by atoms with van der Waals surface area (Å²) in [5.74, 6) is 0. The molecule has 0 aliphatic heterocycles. The summed E-state index contributed by atoms with van der Waals surface area (Å²) in [4.78, 5) is 0. The van der Waals surface area contributed by atoms with Gasteiger partial charge < -0.3 is 9.67 Å². The van der Waals surface area contributed by atoms with E-state index in [1.54, 1.807) is 0 Å². The van der Waals surface area contributed by atoms with Crippen molar-refractivity contribution < 1.29 is 5.11 Å². The lowest BCUT2D eigenvalue weighted by atomic mass is 10.2. The van der Waals surface area contributed by atoms with Crippen molar-refractivity contribution in [2.24, 2.45) is 0 Å². The Morgan fingerprint density at radius 2 is 1.92 bits per heavy atom. The number of rotatable bonds is 5. The monoisotopic (exact) mass is 167 g/mol. The van der Waals surface area contributed by atoms with Gasteiger partial charge in [-0.05, 0) is 38.3 Å². The van der Waals surface area contributed by atoms with E-state index in [1.807, 2.05) is 19.1 Å². The smallest absolute Gasteiger partial charge is 0.0512 e. The van der Waals surface area contributed by atoms with Gasteiger partial charge in [0.05, 0.1) is 6.10 Å². The summed E-state index contributed by atoms with van der Waals surface area (Å²) in [5.41, 5.74) is 0. The van der Waals surface area contributed by atoms with Gasteiger partial charge in [0, 0.05) is 18.9 Å². The zero-order chi connectivity index (χ0) is 8.81. The molecular formula is C10H17NO. The maximum Gasteiger partial charge on any atom is 0.0512 e. The van der Waals surface area contributed by atoms with Gasteiger partial charge in [0.2, 0.25) is 0 Å². The Labute approximate surface area is 73.8 Å². The first-order valence-corrected chi connectivity index (χ1v) is 4.58. The Kier molecular flexibility index (Phi) is 3.88. The maximum absolute atomic E-state index is 9.00. The summed E-state index contributed by atoms with van der Waals surface area (Å²) < 4.78 is 2.17. The van der Waals surface area contributed by atoms with Gasteiger partial charge in [0.25, 0.3) is 0 Å². The predicted octanol–water partition coefficient (Wildman–Crippen LogP) is 2.04. The highest BCUT2D eigenvalue weighted by Crippen LogP contribution is 2.02. The van der Waals surface area contributed by atoms with Crippen LogP contribution in [0.4, 0.5) is 0 Å². The molecule has 0 radical (unpaired) electrons. The second-order valence-corrected chi connectivity index (χ2v) is 3.27. The van der Waals surface area contributed by atoms with Crippen molar-refractivity contribution in [3.8, 4) is 0 Å². The third-order valence-electron chi connectivity index (χ3n) is 1.95. The van der Waals surface area contributed by atoms with Crippen molar-refractivity contribution >= 4 is 0 Å². The van der Waals surface area contributed by atoms with Gasteiger partial charge in [-0.15, -0.1) is 0 Å². The van der Waals surface area contributed by atoms with Crippen LogP contribution >= 0.6 is 0 Å². The molecule has 0 fully saturated rings. The van der Waals surface area contributed by atoms with Crippen molar-refractivity contribution in [3.63, 3.8) is 0 Å². The van der Waals surface area contributed by atoms with E-state index in [-0.39, 0.29) is 6.10 Å². The van der Waals surface area contributed by atoms with Crippen molar-refractivity contribution in [2.45, 2.75) is 38.8 Å². The van der Waals surface area contributed by atoms with Gasteiger partial charge in [-0.25, -0.2) is 0 Å². The van der Waals surface area contributed by atoms with Crippen molar-refractivity contribution in [1.82, 2.24) is 4.57 Å². The van der Waals surface area contributed by atoms with Crippen LogP contribution in [-0.2, 0) is 6.54 Å². The SMILES string of the molecule is C[C@@H](O)CCCCn1cccc1. The lowest BCUT2D eigenvalue weighted by Crippen LogP contribution is -2.00. The van der Waals surface area contributed by atoms with Crippen LogP contribution in [0.1, 0.15) is 26.2 Å². The van der Waals surface area contributed by atoms with Crippen molar-refractivity contribution in [1.29, 1.82) is 0 Å². The minimum absolute atomic E-state index is 0.144. The average molecular weight is 167 g/mol. The molecule has 0 spiro atoms. The molecular weight excluding hydrogens is 150 g/mol. The second-order valence-electron chi connectivity index (χ2n) is 3.27. The van der Waals surface area contributed by atoms with E-state index >= 15 is 0 Å². The fourth-order valence-corrected chi connectivity index (χ4v) is 1.25. The van der Waals surface area contributed by atoms with E-state index in [9.17, 15) is 0 Å². The third kappa shape index (κ3) is 3.58. The summed E-state index contributed by atoms with van der Waals surface area (Å²) in [6.45, 7) is 2.91. The van der Waals surface area contributed by atoms with E-state index in [1.165, 1.54) is 0 Å². The molecule has 0 saturated heterocycles. The molecule has 2 nitrogen and oxygen atoms in total. The summed E-state index contributed by atoms with van der Waals surface area (Å²) >= 11 is 0. The molecule has 0 aliphatic rings. The summed E-state index contributed by atoms with van der Waals surface area (Å²) in [7, 11) is 0. The number of aryl methyl sites for hydroxylation is 1. The fourth-order valence-electron chi connectivity index (χ4n) is 1.25. The van der Waals surface area contributed by atoms with Gasteiger partial charge in [-0.1, -0.05) is 0 Å². The molecule has 68 valence electrons. The number of aliphatic hydroxyl groups excluding tert-OH is 1. The fraction of sp³-hybridized carbons (Fsp3) is 0.600. The Morgan fingerprint density at radius 3 is 2.50 bits per heavy atom. The number of aromatic nitrogens is 1. The summed E-state index contributed by atoms with van der Waals surface area (Å²) in [6, 6.07) is 4.07. The molecule has 2 heteroatoms. The van der Waals surface area contributed by atoms with Crippen LogP contribution in [0, 0.1) is 0 Å². The van der Waals surface area contributed by atoms with Crippen LogP contribution in [0.25, 0.3) is 0 Å². The molecule has 0 unspecified atom stereocenters. The predicted molar refractivity (Wildman–Crippen MR) is 50.0 cm³/mol. The largest absolute Gasteiger partial charge is 0.393 e. The molecule has 1 aromatic heterocycles. The molecule has 0 amide bonds. The Balaban J connectivity index is 2.04. The van der Waals surface area contributed by atoms with E-state index < -0.39 is 0 Å². The minimum Gasteiger partial charge on any atom is -0.393 e. The highest BCUT2D eigenvalue weighted by Gasteiger charge is 1.95. The molecule has 0 aliphatic carbocycles. The van der Waals surface area contributed by atoms with E-state index in [0.29, 0.717) is 0 Å². The molecule has 0 bridgehead atoms. The Hall–Kier alpha value is -0.760. The first-order valence-electron chi connectivity index (χ1n) is 4.58. The number of hydrogen-bond acceptors (Lipinski definition) is 1. The lowest BCUT2D eigenvalue weighted by Gasteiger charge is -2.04. The highest BCUT2D eigenvalue weighted by atomic mass is 16.3. The Bertz CT molecular complexity index is 192. The van der Waals surface area contributed by atoms with Crippen LogP contribution < -0.4 is 0 Å². The van der Waals surface area contributed by atoms with Crippen molar-refractivity contribution in [2.75, 3.05) is 0 Å². The molecule has 1 aromatic rings. The van der Waals surface area contributed by atoms with Crippen LogP contribution in [0.15, 0.2) is 24.5 Å². The normalized spacial score (nSPS) is 13.2. The molecule has 1 rings (SSSR count).